The molecule has 4 aromatic rings. The van der Waals surface area contributed by atoms with E-state index in [1.165, 1.54) is 0 Å². The third kappa shape index (κ3) is 4.18. The lowest BCUT2D eigenvalue weighted by atomic mass is 10.0. The van der Waals surface area contributed by atoms with Gasteiger partial charge >= 0.3 is 0 Å². The van der Waals surface area contributed by atoms with Crippen molar-refractivity contribution >= 4 is 22.7 Å². The standard InChI is InChI=1S/C22H24N6O/c1-4-23-20-6-5-16(12-26-20)18-10-21(28-13-27-18)25-11-14(2)17-7-8-24-19-9-15(3)29-22(17)19/h5-10,12-14H,4,11H2,1-3H3,(H,23,26)(H,25,27,28)/t14-/m1/s1. The first-order chi connectivity index (χ1) is 14.1. The Balaban J connectivity index is 1.48. The van der Waals surface area contributed by atoms with E-state index >= 15 is 0 Å². The molecule has 0 aliphatic carbocycles. The van der Waals surface area contributed by atoms with Gasteiger partial charge in [0.15, 0.2) is 5.58 Å². The molecule has 0 radical (unpaired) electrons. The Morgan fingerprint density at radius 2 is 1.90 bits per heavy atom. The van der Waals surface area contributed by atoms with E-state index in [9.17, 15) is 0 Å². The lowest BCUT2D eigenvalue weighted by Crippen LogP contribution is -2.11. The van der Waals surface area contributed by atoms with Crippen molar-refractivity contribution in [2.45, 2.75) is 26.7 Å². The lowest BCUT2D eigenvalue weighted by Gasteiger charge is -2.14. The van der Waals surface area contributed by atoms with Crippen LogP contribution in [0.5, 0.6) is 0 Å². The second kappa shape index (κ2) is 8.26. The summed E-state index contributed by atoms with van der Waals surface area (Å²) in [5.41, 5.74) is 4.66. The van der Waals surface area contributed by atoms with E-state index in [0.29, 0.717) is 6.54 Å². The van der Waals surface area contributed by atoms with Gasteiger partial charge in [-0.25, -0.2) is 15.0 Å². The van der Waals surface area contributed by atoms with Gasteiger partial charge in [0.1, 0.15) is 29.2 Å². The second-order valence-electron chi connectivity index (χ2n) is 7.00. The van der Waals surface area contributed by atoms with Crippen LogP contribution in [0.2, 0.25) is 0 Å². The summed E-state index contributed by atoms with van der Waals surface area (Å²) in [4.78, 5) is 17.5. The van der Waals surface area contributed by atoms with Crippen LogP contribution in [0.4, 0.5) is 11.6 Å². The first kappa shape index (κ1) is 18.9. The first-order valence-electron chi connectivity index (χ1n) is 9.75. The number of pyridine rings is 2. The third-order valence-corrected chi connectivity index (χ3v) is 4.77. The molecule has 0 saturated heterocycles. The van der Waals surface area contributed by atoms with E-state index in [0.717, 1.165) is 51.9 Å². The Kier molecular flexibility index (Phi) is 5.37. The molecule has 4 rings (SSSR count). The second-order valence-corrected chi connectivity index (χ2v) is 7.00. The Hall–Kier alpha value is -3.48. The smallest absolute Gasteiger partial charge is 0.156 e. The van der Waals surface area contributed by atoms with Crippen molar-refractivity contribution in [3.63, 3.8) is 0 Å². The highest BCUT2D eigenvalue weighted by Crippen LogP contribution is 2.27. The van der Waals surface area contributed by atoms with Crippen molar-refractivity contribution in [1.29, 1.82) is 0 Å². The van der Waals surface area contributed by atoms with Crippen LogP contribution in [0, 0.1) is 6.92 Å². The zero-order valence-corrected chi connectivity index (χ0v) is 16.8. The lowest BCUT2D eigenvalue weighted by molar-refractivity contribution is 0.570. The number of aryl methyl sites for hydroxylation is 1. The fourth-order valence-corrected chi connectivity index (χ4v) is 3.28. The predicted octanol–water partition coefficient (Wildman–Crippen LogP) is 4.64. The minimum atomic E-state index is 0.227. The molecule has 0 saturated carbocycles. The Morgan fingerprint density at radius 3 is 2.69 bits per heavy atom. The molecule has 0 amide bonds. The summed E-state index contributed by atoms with van der Waals surface area (Å²) in [6.45, 7) is 7.70. The summed E-state index contributed by atoms with van der Waals surface area (Å²) in [6, 6.07) is 9.88. The van der Waals surface area contributed by atoms with Gasteiger partial charge in [-0.1, -0.05) is 6.92 Å². The van der Waals surface area contributed by atoms with Crippen molar-refractivity contribution in [3.05, 3.63) is 60.4 Å². The van der Waals surface area contributed by atoms with Gasteiger partial charge in [-0.3, -0.25) is 4.98 Å². The molecule has 0 fully saturated rings. The number of hydrogen-bond donors (Lipinski definition) is 2. The minimum Gasteiger partial charge on any atom is -0.459 e. The fourth-order valence-electron chi connectivity index (χ4n) is 3.28. The summed E-state index contributed by atoms with van der Waals surface area (Å²) < 4.78 is 5.85. The van der Waals surface area contributed by atoms with E-state index in [1.807, 2.05) is 56.6 Å². The molecule has 7 heteroatoms. The van der Waals surface area contributed by atoms with Gasteiger partial charge in [0.25, 0.3) is 0 Å². The number of hydrogen-bond acceptors (Lipinski definition) is 7. The van der Waals surface area contributed by atoms with E-state index < -0.39 is 0 Å². The first-order valence-corrected chi connectivity index (χ1v) is 9.75. The van der Waals surface area contributed by atoms with E-state index in [4.69, 9.17) is 4.42 Å². The van der Waals surface area contributed by atoms with Crippen molar-refractivity contribution < 1.29 is 4.42 Å². The SMILES string of the molecule is CCNc1ccc(-c2cc(NC[C@@H](C)c3ccnc4cc(C)oc34)ncn2)cn1. The molecule has 0 bridgehead atoms. The minimum absolute atomic E-state index is 0.227. The van der Waals surface area contributed by atoms with Gasteiger partial charge in [0.2, 0.25) is 0 Å². The molecule has 4 heterocycles. The Bertz CT molecular complexity index is 1110. The molecular weight excluding hydrogens is 364 g/mol. The van der Waals surface area contributed by atoms with Gasteiger partial charge in [0.05, 0.1) is 5.69 Å². The van der Waals surface area contributed by atoms with Gasteiger partial charge in [-0.15, -0.1) is 0 Å². The van der Waals surface area contributed by atoms with Crippen LogP contribution >= 0.6 is 0 Å². The summed E-state index contributed by atoms with van der Waals surface area (Å²) in [5.74, 6) is 2.73. The maximum absolute atomic E-state index is 5.85. The quantitative estimate of drug-likeness (QED) is 0.477. The van der Waals surface area contributed by atoms with E-state index in [-0.39, 0.29) is 5.92 Å². The molecule has 0 aromatic carbocycles. The molecule has 0 unspecified atom stereocenters. The van der Waals surface area contributed by atoms with Crippen LogP contribution in [0.3, 0.4) is 0 Å². The van der Waals surface area contributed by atoms with Crippen LogP contribution in [0.25, 0.3) is 22.4 Å². The van der Waals surface area contributed by atoms with Gasteiger partial charge in [-0.05, 0) is 32.0 Å². The monoisotopic (exact) mass is 388 g/mol. The third-order valence-electron chi connectivity index (χ3n) is 4.77. The molecule has 7 nitrogen and oxygen atoms in total. The van der Waals surface area contributed by atoms with Crippen LogP contribution in [0.15, 0.2) is 53.5 Å². The van der Waals surface area contributed by atoms with Crippen molar-refractivity contribution in [1.82, 2.24) is 19.9 Å². The fraction of sp³-hybridized carbons (Fsp3) is 0.273. The average Bonchev–Trinajstić information content (AvgIpc) is 3.13. The molecule has 4 aromatic heterocycles. The number of nitrogens with zero attached hydrogens (tertiary/aromatic N) is 4. The highest BCUT2D eigenvalue weighted by atomic mass is 16.3. The number of rotatable bonds is 7. The highest BCUT2D eigenvalue weighted by molar-refractivity contribution is 5.77. The molecule has 29 heavy (non-hydrogen) atoms. The molecule has 148 valence electrons. The van der Waals surface area contributed by atoms with Crippen LogP contribution in [0.1, 0.15) is 31.1 Å². The molecule has 0 aliphatic heterocycles. The number of fused-ring (bicyclic) bond motifs is 1. The van der Waals surface area contributed by atoms with Crippen molar-refractivity contribution in [2.24, 2.45) is 0 Å². The maximum Gasteiger partial charge on any atom is 0.156 e. The molecule has 0 spiro atoms. The summed E-state index contributed by atoms with van der Waals surface area (Å²) in [7, 11) is 0. The molecular formula is C22H24N6O. The number of nitrogens with one attached hydrogen (secondary N) is 2. The molecule has 2 N–H and O–H groups in total. The summed E-state index contributed by atoms with van der Waals surface area (Å²) >= 11 is 0. The van der Waals surface area contributed by atoms with E-state index in [2.05, 4.69) is 37.5 Å². The zero-order chi connectivity index (χ0) is 20.2. The number of anilines is 2. The average molecular weight is 388 g/mol. The highest BCUT2D eigenvalue weighted by Gasteiger charge is 2.14. The predicted molar refractivity (Wildman–Crippen MR) is 115 cm³/mol. The maximum atomic E-state index is 5.85. The summed E-state index contributed by atoms with van der Waals surface area (Å²) in [6.07, 6.45) is 5.22. The zero-order valence-electron chi connectivity index (χ0n) is 16.8. The van der Waals surface area contributed by atoms with Crippen LogP contribution < -0.4 is 10.6 Å². The van der Waals surface area contributed by atoms with Crippen molar-refractivity contribution in [2.75, 3.05) is 23.7 Å². The Morgan fingerprint density at radius 1 is 1.00 bits per heavy atom. The van der Waals surface area contributed by atoms with Gasteiger partial charge in [0, 0.05) is 54.7 Å². The topological polar surface area (TPSA) is 88.8 Å². The van der Waals surface area contributed by atoms with Crippen LogP contribution in [-0.2, 0) is 0 Å². The normalized spacial score (nSPS) is 12.1. The van der Waals surface area contributed by atoms with Crippen molar-refractivity contribution in [3.8, 4) is 11.3 Å². The molecule has 1 atom stereocenters. The number of furan rings is 1. The number of aromatic nitrogens is 4. The molecule has 0 aliphatic rings. The van der Waals surface area contributed by atoms with Crippen LogP contribution in [-0.4, -0.2) is 33.0 Å². The van der Waals surface area contributed by atoms with Gasteiger partial charge in [-0.2, -0.15) is 0 Å². The largest absolute Gasteiger partial charge is 0.459 e. The summed E-state index contributed by atoms with van der Waals surface area (Å²) in [5, 5.41) is 6.60. The van der Waals surface area contributed by atoms with Gasteiger partial charge < -0.3 is 15.1 Å². The Labute approximate surface area is 169 Å². The van der Waals surface area contributed by atoms with E-state index in [1.54, 1.807) is 6.33 Å².